The van der Waals surface area contributed by atoms with Gasteiger partial charge in [0, 0.05) is 49.1 Å². The average molecular weight is 486 g/mol. The lowest BCUT2D eigenvalue weighted by molar-refractivity contribution is -0.121. The number of carbonyl (C=O) groups excluding carboxylic acids is 3. The van der Waals surface area contributed by atoms with E-state index < -0.39 is 6.09 Å². The Morgan fingerprint density at radius 3 is 2.11 bits per heavy atom. The molecule has 35 heavy (non-hydrogen) atoms. The van der Waals surface area contributed by atoms with Gasteiger partial charge in [-0.2, -0.15) is 0 Å². The molecule has 0 unspecified atom stereocenters. The van der Waals surface area contributed by atoms with Crippen LogP contribution in [0.4, 0.5) is 16.2 Å². The van der Waals surface area contributed by atoms with Gasteiger partial charge >= 0.3 is 6.09 Å². The van der Waals surface area contributed by atoms with Crippen molar-refractivity contribution in [3.63, 3.8) is 0 Å². The number of carbonyl (C=O) groups is 3. The summed E-state index contributed by atoms with van der Waals surface area (Å²) in [5, 5.41) is 5.51. The molecule has 0 saturated carbocycles. The highest BCUT2D eigenvalue weighted by molar-refractivity contribution is 5.96. The fourth-order valence-electron chi connectivity index (χ4n) is 3.75. The molecular weight excluding hydrogens is 454 g/mol. The molecule has 10 heteroatoms. The van der Waals surface area contributed by atoms with Crippen LogP contribution in [-0.4, -0.2) is 70.4 Å². The number of likely N-dealkylation sites (tertiary alicyclic amines) is 1. The molecule has 0 aromatic heterocycles. The van der Waals surface area contributed by atoms with E-state index in [2.05, 4.69) is 10.6 Å². The molecule has 1 aliphatic heterocycles. The van der Waals surface area contributed by atoms with Crippen molar-refractivity contribution in [1.29, 1.82) is 0 Å². The van der Waals surface area contributed by atoms with Gasteiger partial charge in [-0.3, -0.25) is 14.9 Å². The number of nitrogens with zero attached hydrogens (tertiary/aromatic N) is 1. The van der Waals surface area contributed by atoms with Gasteiger partial charge in [0.05, 0.1) is 20.8 Å². The van der Waals surface area contributed by atoms with Crippen LogP contribution in [-0.2, 0) is 14.3 Å². The minimum absolute atomic E-state index is 0.125. The fourth-order valence-corrected chi connectivity index (χ4v) is 3.75. The molecule has 3 rings (SSSR count). The molecule has 3 amide bonds. The molecule has 0 aliphatic carbocycles. The molecule has 0 spiro atoms. The number of benzene rings is 2. The van der Waals surface area contributed by atoms with E-state index in [1.165, 1.54) is 21.3 Å². The molecule has 10 nitrogen and oxygen atoms in total. The standard InChI is InChI=1S/C25H31N3O7/c1-32-11-12-35-25(31)27-20-6-4-5-19(15-20)26-23(29)17-7-9-28(10-8-17)24(30)18-13-21(33-2)16-22(14-18)34-3/h4-6,13-17H,7-12H2,1-3H3,(H,26,29)(H,27,31). The summed E-state index contributed by atoms with van der Waals surface area (Å²) in [5.41, 5.74) is 1.54. The maximum Gasteiger partial charge on any atom is 0.411 e. The molecule has 2 aromatic rings. The van der Waals surface area contributed by atoms with Crippen LogP contribution in [0, 0.1) is 5.92 Å². The number of amides is 3. The Balaban J connectivity index is 1.53. The van der Waals surface area contributed by atoms with Gasteiger partial charge in [-0.25, -0.2) is 4.79 Å². The van der Waals surface area contributed by atoms with Gasteiger partial charge in [0.15, 0.2) is 0 Å². The number of hydrogen-bond donors (Lipinski definition) is 2. The molecule has 2 N–H and O–H groups in total. The van der Waals surface area contributed by atoms with E-state index in [9.17, 15) is 14.4 Å². The number of piperidine rings is 1. The third-order valence-corrected chi connectivity index (χ3v) is 5.65. The van der Waals surface area contributed by atoms with Crippen LogP contribution in [0.2, 0.25) is 0 Å². The van der Waals surface area contributed by atoms with Crippen molar-refractivity contribution < 1.29 is 33.3 Å². The van der Waals surface area contributed by atoms with Gasteiger partial charge in [-0.15, -0.1) is 0 Å². The van der Waals surface area contributed by atoms with Crippen molar-refractivity contribution in [3.8, 4) is 11.5 Å². The minimum Gasteiger partial charge on any atom is -0.497 e. The molecule has 0 radical (unpaired) electrons. The van der Waals surface area contributed by atoms with Crippen LogP contribution >= 0.6 is 0 Å². The predicted molar refractivity (Wildman–Crippen MR) is 130 cm³/mol. The highest BCUT2D eigenvalue weighted by atomic mass is 16.6. The maximum absolute atomic E-state index is 13.0. The van der Waals surface area contributed by atoms with Crippen molar-refractivity contribution in [3.05, 3.63) is 48.0 Å². The van der Waals surface area contributed by atoms with Crippen molar-refractivity contribution >= 4 is 29.3 Å². The SMILES string of the molecule is COCCOC(=O)Nc1cccc(NC(=O)C2CCN(C(=O)c3cc(OC)cc(OC)c3)CC2)c1. The summed E-state index contributed by atoms with van der Waals surface area (Å²) < 4.78 is 20.3. The molecule has 1 aliphatic rings. The topological polar surface area (TPSA) is 115 Å². The summed E-state index contributed by atoms with van der Waals surface area (Å²) in [4.78, 5) is 39.3. The van der Waals surface area contributed by atoms with Crippen LogP contribution in [0.5, 0.6) is 11.5 Å². The summed E-state index contributed by atoms with van der Waals surface area (Å²) in [5.74, 6) is 0.607. The Morgan fingerprint density at radius 2 is 1.51 bits per heavy atom. The predicted octanol–water partition coefficient (Wildman–Crippen LogP) is 3.39. The second-order valence-corrected chi connectivity index (χ2v) is 7.99. The lowest BCUT2D eigenvalue weighted by atomic mass is 9.95. The van der Waals surface area contributed by atoms with E-state index in [0.717, 1.165) is 0 Å². The largest absolute Gasteiger partial charge is 0.497 e. The van der Waals surface area contributed by atoms with E-state index >= 15 is 0 Å². The van der Waals surface area contributed by atoms with Gasteiger partial charge in [0.2, 0.25) is 5.91 Å². The Kier molecular flexibility index (Phi) is 9.31. The summed E-state index contributed by atoms with van der Waals surface area (Å²) in [7, 11) is 4.59. The number of rotatable bonds is 9. The Labute approximate surface area is 204 Å². The quantitative estimate of drug-likeness (QED) is 0.523. The Bertz CT molecular complexity index is 1010. The van der Waals surface area contributed by atoms with Crippen LogP contribution < -0.4 is 20.1 Å². The number of nitrogens with one attached hydrogen (secondary N) is 2. The number of hydrogen-bond acceptors (Lipinski definition) is 7. The Morgan fingerprint density at radius 1 is 0.886 bits per heavy atom. The molecular formula is C25H31N3O7. The van der Waals surface area contributed by atoms with E-state index in [4.69, 9.17) is 18.9 Å². The molecule has 2 aromatic carbocycles. The highest BCUT2D eigenvalue weighted by Gasteiger charge is 2.28. The van der Waals surface area contributed by atoms with E-state index in [1.54, 1.807) is 47.4 Å². The lowest BCUT2D eigenvalue weighted by Crippen LogP contribution is -2.41. The van der Waals surface area contributed by atoms with Crippen molar-refractivity contribution in [2.45, 2.75) is 12.8 Å². The zero-order valence-corrected chi connectivity index (χ0v) is 20.2. The maximum atomic E-state index is 13.0. The molecule has 0 atom stereocenters. The first-order valence-electron chi connectivity index (χ1n) is 11.3. The first-order chi connectivity index (χ1) is 16.9. The first-order valence-corrected chi connectivity index (χ1v) is 11.3. The van der Waals surface area contributed by atoms with Gasteiger partial charge in [0.25, 0.3) is 5.91 Å². The zero-order chi connectivity index (χ0) is 25.2. The zero-order valence-electron chi connectivity index (χ0n) is 20.2. The summed E-state index contributed by atoms with van der Waals surface area (Å²) >= 11 is 0. The lowest BCUT2D eigenvalue weighted by Gasteiger charge is -2.31. The van der Waals surface area contributed by atoms with Crippen molar-refractivity contribution in [2.24, 2.45) is 5.92 Å². The van der Waals surface area contributed by atoms with E-state index in [-0.39, 0.29) is 24.3 Å². The van der Waals surface area contributed by atoms with Gasteiger partial charge in [0.1, 0.15) is 18.1 Å². The second-order valence-electron chi connectivity index (χ2n) is 7.99. The van der Waals surface area contributed by atoms with Crippen molar-refractivity contribution in [1.82, 2.24) is 4.90 Å². The number of anilines is 2. The third kappa shape index (κ3) is 7.35. The summed E-state index contributed by atoms with van der Waals surface area (Å²) in [6.45, 7) is 1.38. The molecule has 1 fully saturated rings. The molecule has 0 bridgehead atoms. The smallest absolute Gasteiger partial charge is 0.411 e. The fraction of sp³-hybridized carbons (Fsp3) is 0.400. The van der Waals surface area contributed by atoms with Crippen LogP contribution in [0.15, 0.2) is 42.5 Å². The normalized spacial score (nSPS) is 13.6. The minimum atomic E-state index is -0.601. The first kappa shape index (κ1) is 25.8. The third-order valence-electron chi connectivity index (χ3n) is 5.65. The van der Waals surface area contributed by atoms with Crippen LogP contribution in [0.3, 0.4) is 0 Å². The number of methoxy groups -OCH3 is 3. The monoisotopic (exact) mass is 485 g/mol. The van der Waals surface area contributed by atoms with Crippen LogP contribution in [0.1, 0.15) is 23.2 Å². The summed E-state index contributed by atoms with van der Waals surface area (Å²) in [6, 6.07) is 11.9. The van der Waals surface area contributed by atoms with Crippen LogP contribution in [0.25, 0.3) is 0 Å². The number of ether oxygens (including phenoxy) is 4. The Hall–Kier alpha value is -3.79. The van der Waals surface area contributed by atoms with Gasteiger partial charge in [-0.1, -0.05) is 6.07 Å². The van der Waals surface area contributed by atoms with E-state index in [0.29, 0.717) is 61.0 Å². The van der Waals surface area contributed by atoms with Gasteiger partial charge in [-0.05, 0) is 43.2 Å². The average Bonchev–Trinajstić information content (AvgIpc) is 2.88. The highest BCUT2D eigenvalue weighted by Crippen LogP contribution is 2.26. The molecule has 188 valence electrons. The summed E-state index contributed by atoms with van der Waals surface area (Å²) in [6.07, 6.45) is 0.487. The van der Waals surface area contributed by atoms with E-state index in [1.807, 2.05) is 0 Å². The van der Waals surface area contributed by atoms with Gasteiger partial charge < -0.3 is 29.2 Å². The van der Waals surface area contributed by atoms with Crippen molar-refractivity contribution in [2.75, 3.05) is 58.3 Å². The molecule has 1 heterocycles. The second kappa shape index (κ2) is 12.6. The molecule has 1 saturated heterocycles.